The van der Waals surface area contributed by atoms with E-state index in [4.69, 9.17) is 9.47 Å². The molecule has 1 aliphatic heterocycles. The molecule has 170 valence electrons. The Kier molecular flexibility index (Phi) is 5.69. The Morgan fingerprint density at radius 2 is 1.88 bits per heavy atom. The van der Waals surface area contributed by atoms with Crippen LogP contribution in [-0.4, -0.2) is 57.9 Å². The first-order valence-corrected chi connectivity index (χ1v) is 10.4. The summed E-state index contributed by atoms with van der Waals surface area (Å²) in [5.41, 5.74) is 1.47. The van der Waals surface area contributed by atoms with Gasteiger partial charge in [-0.1, -0.05) is 6.07 Å². The van der Waals surface area contributed by atoms with Gasteiger partial charge in [0.2, 0.25) is 5.95 Å². The van der Waals surface area contributed by atoms with E-state index in [-0.39, 0.29) is 11.8 Å². The zero-order chi connectivity index (χ0) is 22.8. The molecule has 0 atom stereocenters. The van der Waals surface area contributed by atoms with Crippen LogP contribution in [0.2, 0.25) is 0 Å². The van der Waals surface area contributed by atoms with Crippen LogP contribution in [0.5, 0.6) is 5.75 Å². The van der Waals surface area contributed by atoms with Crippen molar-refractivity contribution in [3.63, 3.8) is 0 Å². The van der Waals surface area contributed by atoms with Crippen molar-refractivity contribution in [1.82, 2.24) is 24.5 Å². The van der Waals surface area contributed by atoms with E-state index in [2.05, 4.69) is 25.3 Å². The van der Waals surface area contributed by atoms with Gasteiger partial charge in [0, 0.05) is 25.4 Å². The second-order valence-corrected chi connectivity index (χ2v) is 7.31. The van der Waals surface area contributed by atoms with Crippen LogP contribution in [0.1, 0.15) is 12.2 Å². The Hall–Kier alpha value is -3.86. The highest BCUT2D eigenvalue weighted by atomic mass is 19.3. The van der Waals surface area contributed by atoms with E-state index in [1.165, 1.54) is 11.7 Å². The smallest absolute Gasteiger partial charge is 0.296 e. The van der Waals surface area contributed by atoms with Crippen LogP contribution in [0, 0.1) is 0 Å². The predicted molar refractivity (Wildman–Crippen MR) is 119 cm³/mol. The Morgan fingerprint density at radius 3 is 2.61 bits per heavy atom. The summed E-state index contributed by atoms with van der Waals surface area (Å²) in [7, 11) is 1.48. The van der Waals surface area contributed by atoms with Gasteiger partial charge in [-0.05, 0) is 24.3 Å². The van der Waals surface area contributed by atoms with Crippen molar-refractivity contribution in [1.29, 1.82) is 0 Å². The number of benzene rings is 1. The van der Waals surface area contributed by atoms with Gasteiger partial charge in [0.1, 0.15) is 22.9 Å². The summed E-state index contributed by atoms with van der Waals surface area (Å²) < 4.78 is 40.3. The van der Waals surface area contributed by atoms with Crippen molar-refractivity contribution in [2.24, 2.45) is 0 Å². The molecule has 0 aliphatic carbocycles. The quantitative estimate of drug-likeness (QED) is 0.472. The fourth-order valence-corrected chi connectivity index (χ4v) is 3.76. The molecule has 1 aliphatic rings. The van der Waals surface area contributed by atoms with Gasteiger partial charge in [0.05, 0.1) is 37.7 Å². The van der Waals surface area contributed by atoms with Crippen LogP contribution < -0.4 is 15.0 Å². The lowest BCUT2D eigenvalue weighted by molar-refractivity contribution is 0.122. The summed E-state index contributed by atoms with van der Waals surface area (Å²) in [6.07, 6.45) is 0.465. The third-order valence-corrected chi connectivity index (χ3v) is 5.27. The van der Waals surface area contributed by atoms with Gasteiger partial charge in [-0.15, -0.1) is 0 Å². The summed E-state index contributed by atoms with van der Waals surface area (Å²) in [6, 6.07) is 10.4. The van der Waals surface area contributed by atoms with E-state index in [1.54, 1.807) is 42.7 Å². The third kappa shape index (κ3) is 4.14. The van der Waals surface area contributed by atoms with Crippen molar-refractivity contribution in [3.8, 4) is 11.6 Å². The molecule has 11 heteroatoms. The molecule has 0 spiro atoms. The molecule has 0 amide bonds. The molecule has 1 fully saturated rings. The molecular formula is C22H21F2N7O2. The minimum Gasteiger partial charge on any atom is -0.494 e. The normalized spacial score (nSPS) is 14.1. The zero-order valence-electron chi connectivity index (χ0n) is 17.8. The lowest BCUT2D eigenvalue weighted by Gasteiger charge is -2.28. The van der Waals surface area contributed by atoms with E-state index >= 15 is 0 Å². The third-order valence-electron chi connectivity index (χ3n) is 5.27. The van der Waals surface area contributed by atoms with E-state index in [9.17, 15) is 8.78 Å². The van der Waals surface area contributed by atoms with Crippen molar-refractivity contribution in [2.45, 2.75) is 6.43 Å². The lowest BCUT2D eigenvalue weighted by Crippen LogP contribution is -2.37. The van der Waals surface area contributed by atoms with Gasteiger partial charge in [0.25, 0.3) is 6.43 Å². The summed E-state index contributed by atoms with van der Waals surface area (Å²) in [5, 5.41) is 3.12. The summed E-state index contributed by atoms with van der Waals surface area (Å²) >= 11 is 0. The number of rotatable bonds is 6. The van der Waals surface area contributed by atoms with Crippen LogP contribution in [-0.2, 0) is 4.74 Å². The molecule has 1 N–H and O–H groups in total. The Balaban J connectivity index is 1.69. The number of hydrogen-bond acceptors (Lipinski definition) is 8. The maximum Gasteiger partial charge on any atom is 0.296 e. The molecule has 0 radical (unpaired) electrons. The number of methoxy groups -OCH3 is 1. The lowest BCUT2D eigenvalue weighted by atomic mass is 10.3. The van der Waals surface area contributed by atoms with Crippen molar-refractivity contribution in [3.05, 3.63) is 54.6 Å². The molecule has 0 saturated carbocycles. The first-order valence-electron chi connectivity index (χ1n) is 10.4. The highest BCUT2D eigenvalue weighted by Crippen LogP contribution is 2.33. The van der Waals surface area contributed by atoms with Crippen LogP contribution in [0.15, 0.2) is 48.8 Å². The van der Waals surface area contributed by atoms with E-state index in [0.29, 0.717) is 54.6 Å². The van der Waals surface area contributed by atoms with Crippen LogP contribution in [0.3, 0.4) is 0 Å². The van der Waals surface area contributed by atoms with E-state index in [1.807, 2.05) is 11.0 Å². The minimum atomic E-state index is -2.82. The topological polar surface area (TPSA) is 90.2 Å². The summed E-state index contributed by atoms with van der Waals surface area (Å²) in [6.45, 7) is 2.36. The molecule has 1 aromatic carbocycles. The van der Waals surface area contributed by atoms with Crippen molar-refractivity contribution in [2.75, 3.05) is 43.6 Å². The second kappa shape index (κ2) is 8.94. The van der Waals surface area contributed by atoms with E-state index < -0.39 is 12.2 Å². The Morgan fingerprint density at radius 1 is 1.06 bits per heavy atom. The highest BCUT2D eigenvalue weighted by molar-refractivity contribution is 5.84. The fourth-order valence-electron chi connectivity index (χ4n) is 3.76. The maximum absolute atomic E-state index is 14.1. The first-order chi connectivity index (χ1) is 16.1. The number of fused-ring (bicyclic) bond motifs is 1. The monoisotopic (exact) mass is 453 g/mol. The predicted octanol–water partition coefficient (Wildman–Crippen LogP) is 3.74. The van der Waals surface area contributed by atoms with Crippen LogP contribution in [0.25, 0.3) is 16.9 Å². The summed E-state index contributed by atoms with van der Waals surface area (Å²) in [5.74, 6) is 1.10. The number of alkyl halides is 2. The molecule has 4 heterocycles. The number of halogens is 2. The van der Waals surface area contributed by atoms with Gasteiger partial charge in [-0.2, -0.15) is 9.97 Å². The second-order valence-electron chi connectivity index (χ2n) is 7.31. The maximum atomic E-state index is 14.1. The molecule has 0 bridgehead atoms. The number of para-hydroxylation sites is 1. The van der Waals surface area contributed by atoms with Gasteiger partial charge in [-0.3, -0.25) is 9.55 Å². The molecule has 4 aromatic rings. The SMILES string of the molecule is COc1cccc2c1nc(C(F)F)n2-c1cc(N2CCOCC2)nc(Nc2cccnc2)n1. The molecule has 5 rings (SSSR count). The molecule has 0 unspecified atom stereocenters. The number of nitrogens with zero attached hydrogens (tertiary/aromatic N) is 6. The number of aromatic nitrogens is 5. The standard InChI is InChI=1S/C22H21F2N7O2/c1-32-16-6-2-5-15-19(16)29-21(20(23)24)31(15)18-12-17(30-8-10-33-11-9-30)27-22(28-18)26-14-4-3-7-25-13-14/h2-7,12-13,20H,8-11H2,1H3,(H,26,27,28). The Labute approximate surface area is 188 Å². The molecular weight excluding hydrogens is 432 g/mol. The molecule has 1 saturated heterocycles. The van der Waals surface area contributed by atoms with E-state index in [0.717, 1.165) is 0 Å². The minimum absolute atomic E-state index is 0.256. The fraction of sp³-hybridized carbons (Fsp3) is 0.273. The Bertz CT molecular complexity index is 1260. The van der Waals surface area contributed by atoms with Crippen molar-refractivity contribution >= 4 is 28.5 Å². The van der Waals surface area contributed by atoms with Crippen molar-refractivity contribution < 1.29 is 18.3 Å². The van der Waals surface area contributed by atoms with Crippen LogP contribution in [0.4, 0.5) is 26.2 Å². The van der Waals surface area contributed by atoms with Gasteiger partial charge in [0.15, 0.2) is 5.82 Å². The average Bonchev–Trinajstić information content (AvgIpc) is 3.25. The number of ether oxygens (including phenoxy) is 2. The molecule has 33 heavy (non-hydrogen) atoms. The number of morpholine rings is 1. The highest BCUT2D eigenvalue weighted by Gasteiger charge is 2.24. The molecule has 9 nitrogen and oxygen atoms in total. The zero-order valence-corrected chi connectivity index (χ0v) is 17.8. The number of nitrogens with one attached hydrogen (secondary N) is 1. The number of pyridine rings is 1. The first kappa shape index (κ1) is 21.0. The number of hydrogen-bond donors (Lipinski definition) is 1. The number of anilines is 3. The van der Waals surface area contributed by atoms with Gasteiger partial charge in [-0.25, -0.2) is 13.8 Å². The largest absolute Gasteiger partial charge is 0.494 e. The van der Waals surface area contributed by atoms with Crippen LogP contribution >= 0.6 is 0 Å². The summed E-state index contributed by atoms with van der Waals surface area (Å²) in [4.78, 5) is 19.5. The average molecular weight is 453 g/mol. The molecule has 3 aromatic heterocycles. The number of imidazole rings is 1. The van der Waals surface area contributed by atoms with Gasteiger partial charge >= 0.3 is 0 Å². The van der Waals surface area contributed by atoms with Gasteiger partial charge < -0.3 is 19.7 Å².